The summed E-state index contributed by atoms with van der Waals surface area (Å²) in [4.78, 5) is 14.5. The molecule has 3 rings (SSSR count). The maximum atomic E-state index is 12.6. The first-order valence-corrected chi connectivity index (χ1v) is 11.7. The number of aryl methyl sites for hydroxylation is 2. The van der Waals surface area contributed by atoms with Crippen LogP contribution in [0.5, 0.6) is 0 Å². The van der Waals surface area contributed by atoms with Crippen molar-refractivity contribution in [3.05, 3.63) is 29.3 Å². The first-order valence-electron chi connectivity index (χ1n) is 10.3. The third-order valence-corrected chi connectivity index (χ3v) is 7.91. The van der Waals surface area contributed by atoms with Gasteiger partial charge in [-0.3, -0.25) is 4.79 Å². The number of hydrogen-bond donors (Lipinski definition) is 1. The van der Waals surface area contributed by atoms with Gasteiger partial charge in [-0.05, 0) is 42.5 Å². The van der Waals surface area contributed by atoms with Crippen LogP contribution in [0.3, 0.4) is 0 Å². The first kappa shape index (κ1) is 21.2. The number of carbonyl (C=O) groups is 1. The summed E-state index contributed by atoms with van der Waals surface area (Å²) in [5, 5.41) is 3.00. The van der Waals surface area contributed by atoms with Crippen molar-refractivity contribution in [2.45, 2.75) is 39.5 Å². The number of amides is 1. The molecule has 1 saturated heterocycles. The SMILES string of the molecule is CCN(CC)S(=O)(=O)N1CCN(CCC(=O)Nc2ccc3c(c2)CCC3)CC1. The molecule has 1 aromatic carbocycles. The second-order valence-electron chi connectivity index (χ2n) is 7.47. The molecule has 0 radical (unpaired) electrons. The predicted octanol–water partition coefficient (Wildman–Crippen LogP) is 1.71. The molecule has 156 valence electrons. The molecule has 8 heteroatoms. The van der Waals surface area contributed by atoms with Crippen molar-refractivity contribution in [3.63, 3.8) is 0 Å². The monoisotopic (exact) mass is 408 g/mol. The summed E-state index contributed by atoms with van der Waals surface area (Å²) in [7, 11) is -3.36. The van der Waals surface area contributed by atoms with E-state index in [1.165, 1.54) is 21.9 Å². The summed E-state index contributed by atoms with van der Waals surface area (Å²) < 4.78 is 28.2. The lowest BCUT2D eigenvalue weighted by atomic mass is 10.1. The van der Waals surface area contributed by atoms with Gasteiger partial charge in [-0.15, -0.1) is 0 Å². The van der Waals surface area contributed by atoms with E-state index in [0.717, 1.165) is 18.5 Å². The number of anilines is 1. The van der Waals surface area contributed by atoms with Gasteiger partial charge < -0.3 is 10.2 Å². The molecule has 1 aliphatic heterocycles. The van der Waals surface area contributed by atoms with Gasteiger partial charge in [0.15, 0.2) is 0 Å². The summed E-state index contributed by atoms with van der Waals surface area (Å²) in [6.07, 6.45) is 3.85. The Morgan fingerprint density at radius 3 is 2.43 bits per heavy atom. The molecule has 0 spiro atoms. The van der Waals surface area contributed by atoms with Crippen molar-refractivity contribution in [2.75, 3.05) is 51.1 Å². The van der Waals surface area contributed by atoms with E-state index in [1.54, 1.807) is 4.31 Å². The fourth-order valence-corrected chi connectivity index (χ4v) is 5.63. The Balaban J connectivity index is 1.43. The Morgan fingerprint density at radius 1 is 1.07 bits per heavy atom. The Kier molecular flexibility index (Phi) is 7.09. The Labute approximate surface area is 168 Å². The normalized spacial score (nSPS) is 18.4. The van der Waals surface area contributed by atoms with Crippen LogP contribution in [0.1, 0.15) is 37.8 Å². The molecule has 28 heavy (non-hydrogen) atoms. The van der Waals surface area contributed by atoms with Crippen LogP contribution in [0.15, 0.2) is 18.2 Å². The number of carbonyl (C=O) groups excluding carboxylic acids is 1. The standard InChI is InChI=1S/C20H32N4O3S/c1-3-23(4-2)28(26,27)24-14-12-22(13-15-24)11-10-20(25)21-19-9-8-17-6-5-7-18(17)16-19/h8-9,16H,3-7,10-15H2,1-2H3,(H,21,25). The molecule has 1 aromatic rings. The lowest BCUT2D eigenvalue weighted by Crippen LogP contribution is -2.53. The number of piperazine rings is 1. The van der Waals surface area contributed by atoms with Gasteiger partial charge in [0.2, 0.25) is 5.91 Å². The third-order valence-electron chi connectivity index (χ3n) is 5.73. The van der Waals surface area contributed by atoms with Crippen LogP contribution in [0.2, 0.25) is 0 Å². The summed E-state index contributed by atoms with van der Waals surface area (Å²) in [5.74, 6) is 0.0103. The molecule has 0 saturated carbocycles. The van der Waals surface area contributed by atoms with E-state index in [-0.39, 0.29) is 5.91 Å². The summed E-state index contributed by atoms with van der Waals surface area (Å²) >= 11 is 0. The number of benzene rings is 1. The van der Waals surface area contributed by atoms with Gasteiger partial charge in [0.1, 0.15) is 0 Å². The van der Waals surface area contributed by atoms with Gasteiger partial charge in [0.25, 0.3) is 10.2 Å². The quantitative estimate of drug-likeness (QED) is 0.711. The zero-order chi connectivity index (χ0) is 20.1. The van der Waals surface area contributed by atoms with E-state index < -0.39 is 10.2 Å². The molecule has 1 amide bonds. The zero-order valence-corrected chi connectivity index (χ0v) is 17.8. The molecule has 1 fully saturated rings. The van der Waals surface area contributed by atoms with Gasteiger partial charge in [-0.25, -0.2) is 0 Å². The van der Waals surface area contributed by atoms with Gasteiger partial charge in [-0.1, -0.05) is 19.9 Å². The Hall–Kier alpha value is -1.48. The summed E-state index contributed by atoms with van der Waals surface area (Å²) in [6, 6.07) is 6.20. The van der Waals surface area contributed by atoms with Crippen molar-refractivity contribution in [1.29, 1.82) is 0 Å². The minimum Gasteiger partial charge on any atom is -0.326 e. The fraction of sp³-hybridized carbons (Fsp3) is 0.650. The highest BCUT2D eigenvalue weighted by Crippen LogP contribution is 2.25. The first-order chi connectivity index (χ1) is 13.4. The van der Waals surface area contributed by atoms with E-state index >= 15 is 0 Å². The van der Waals surface area contributed by atoms with Gasteiger partial charge >= 0.3 is 0 Å². The predicted molar refractivity (Wildman–Crippen MR) is 112 cm³/mol. The van der Waals surface area contributed by atoms with Crippen molar-refractivity contribution >= 4 is 21.8 Å². The van der Waals surface area contributed by atoms with E-state index in [4.69, 9.17) is 0 Å². The fourth-order valence-electron chi connectivity index (χ4n) is 4.03. The van der Waals surface area contributed by atoms with E-state index in [9.17, 15) is 13.2 Å². The molecular weight excluding hydrogens is 376 g/mol. The van der Waals surface area contributed by atoms with Crippen LogP contribution >= 0.6 is 0 Å². The van der Waals surface area contributed by atoms with Crippen LogP contribution in [-0.2, 0) is 27.8 Å². The van der Waals surface area contributed by atoms with E-state index in [2.05, 4.69) is 22.3 Å². The molecule has 0 unspecified atom stereocenters. The molecule has 1 aliphatic carbocycles. The number of nitrogens with one attached hydrogen (secondary N) is 1. The lowest BCUT2D eigenvalue weighted by molar-refractivity contribution is -0.116. The van der Waals surface area contributed by atoms with Crippen LogP contribution in [0, 0.1) is 0 Å². The molecule has 7 nitrogen and oxygen atoms in total. The highest BCUT2D eigenvalue weighted by atomic mass is 32.2. The zero-order valence-electron chi connectivity index (χ0n) is 17.0. The topological polar surface area (TPSA) is 73.0 Å². The molecule has 1 N–H and O–H groups in total. The minimum absolute atomic E-state index is 0.0103. The van der Waals surface area contributed by atoms with Gasteiger partial charge in [0.05, 0.1) is 0 Å². The van der Waals surface area contributed by atoms with Gasteiger partial charge in [-0.2, -0.15) is 17.0 Å². The molecule has 2 aliphatic rings. The maximum Gasteiger partial charge on any atom is 0.282 e. The number of nitrogens with zero attached hydrogens (tertiary/aromatic N) is 3. The molecule has 0 aromatic heterocycles. The molecule has 1 heterocycles. The average Bonchev–Trinajstić information content (AvgIpc) is 3.15. The highest BCUT2D eigenvalue weighted by molar-refractivity contribution is 7.86. The van der Waals surface area contributed by atoms with Crippen molar-refractivity contribution in [3.8, 4) is 0 Å². The number of rotatable bonds is 8. The number of hydrogen-bond acceptors (Lipinski definition) is 4. The Bertz CT molecular complexity index is 785. The number of fused-ring (bicyclic) bond motifs is 1. The van der Waals surface area contributed by atoms with Crippen LogP contribution in [0.4, 0.5) is 5.69 Å². The van der Waals surface area contributed by atoms with E-state index in [0.29, 0.717) is 52.2 Å². The largest absolute Gasteiger partial charge is 0.326 e. The van der Waals surface area contributed by atoms with Crippen molar-refractivity contribution < 1.29 is 13.2 Å². The third kappa shape index (κ3) is 4.92. The smallest absolute Gasteiger partial charge is 0.282 e. The van der Waals surface area contributed by atoms with E-state index in [1.807, 2.05) is 19.9 Å². The van der Waals surface area contributed by atoms with Crippen LogP contribution in [-0.4, -0.2) is 73.6 Å². The summed E-state index contributed by atoms with van der Waals surface area (Å²) in [5.41, 5.74) is 3.62. The lowest BCUT2D eigenvalue weighted by Gasteiger charge is -2.36. The van der Waals surface area contributed by atoms with Crippen molar-refractivity contribution in [1.82, 2.24) is 13.5 Å². The van der Waals surface area contributed by atoms with Crippen molar-refractivity contribution in [2.24, 2.45) is 0 Å². The molecule has 0 bridgehead atoms. The van der Waals surface area contributed by atoms with Gasteiger partial charge in [0, 0.05) is 57.9 Å². The second-order valence-corrected chi connectivity index (χ2v) is 9.40. The average molecular weight is 409 g/mol. The van der Waals surface area contributed by atoms with Crippen LogP contribution < -0.4 is 5.32 Å². The highest BCUT2D eigenvalue weighted by Gasteiger charge is 2.30. The molecular formula is C20H32N4O3S. The molecule has 0 atom stereocenters. The van der Waals surface area contributed by atoms with Crippen LogP contribution in [0.25, 0.3) is 0 Å². The second kappa shape index (κ2) is 9.35. The summed E-state index contributed by atoms with van der Waals surface area (Å²) in [6.45, 7) is 7.61. The maximum absolute atomic E-state index is 12.6. The minimum atomic E-state index is -3.36. The Morgan fingerprint density at radius 2 is 1.75 bits per heavy atom.